The third-order valence-corrected chi connectivity index (χ3v) is 3.28. The van der Waals surface area contributed by atoms with Gasteiger partial charge in [-0.2, -0.15) is 0 Å². The average Bonchev–Trinajstić information content (AvgIpc) is 2.12. The predicted octanol–water partition coefficient (Wildman–Crippen LogP) is 3.12. The van der Waals surface area contributed by atoms with Gasteiger partial charge in [0.1, 0.15) is 0 Å². The predicted molar refractivity (Wildman–Crippen MR) is 56.9 cm³/mol. The number of halogens is 1. The lowest BCUT2D eigenvalue weighted by Crippen LogP contribution is -2.22. The van der Waals surface area contributed by atoms with E-state index < -0.39 is 0 Å². The van der Waals surface area contributed by atoms with Crippen molar-refractivity contribution in [1.29, 1.82) is 0 Å². The number of nitrogen functional groups attached to an aromatic ring is 1. The molecule has 1 fully saturated rings. The van der Waals surface area contributed by atoms with E-state index in [1.54, 1.807) is 0 Å². The van der Waals surface area contributed by atoms with Crippen LogP contribution in [0.4, 0.5) is 10.1 Å². The molecule has 14 heavy (non-hydrogen) atoms. The van der Waals surface area contributed by atoms with Gasteiger partial charge in [0.25, 0.3) is 0 Å². The molecule has 0 aromatic heterocycles. The molecule has 0 bridgehead atoms. The Kier molecular flexibility index (Phi) is 2.71. The number of hydrogen-bond donors (Lipinski definition) is 1. The summed E-state index contributed by atoms with van der Waals surface area (Å²) in [5.41, 5.74) is 7.58. The number of benzene rings is 1. The van der Waals surface area contributed by atoms with Crippen molar-refractivity contribution < 1.29 is 4.39 Å². The lowest BCUT2D eigenvalue weighted by atomic mass is 9.73. The normalized spacial score (nSPS) is 18.9. The zero-order chi connectivity index (χ0) is 9.97. The molecule has 0 amide bonds. The van der Waals surface area contributed by atoms with Gasteiger partial charge in [-0.3, -0.25) is 4.39 Å². The first-order valence-electron chi connectivity index (χ1n) is 5.23. The molecule has 76 valence electrons. The fraction of sp³-hybridized carbons (Fsp3) is 0.500. The Balaban J connectivity index is 2.22. The molecule has 1 aliphatic rings. The van der Waals surface area contributed by atoms with Crippen LogP contribution in [-0.4, -0.2) is 6.67 Å². The van der Waals surface area contributed by atoms with Crippen molar-refractivity contribution in [2.45, 2.75) is 25.2 Å². The summed E-state index contributed by atoms with van der Waals surface area (Å²) in [6, 6.07) is 7.65. The summed E-state index contributed by atoms with van der Waals surface area (Å²) in [5.74, 6) is 0.551. The fourth-order valence-corrected chi connectivity index (χ4v) is 2.15. The van der Waals surface area contributed by atoms with Gasteiger partial charge in [-0.05, 0) is 30.4 Å². The SMILES string of the molecule is Nc1ccccc1C(CF)C1CCC1. The van der Waals surface area contributed by atoms with E-state index in [1.807, 2.05) is 24.3 Å². The lowest BCUT2D eigenvalue weighted by molar-refractivity contribution is 0.227. The van der Waals surface area contributed by atoms with E-state index in [9.17, 15) is 4.39 Å². The van der Waals surface area contributed by atoms with E-state index >= 15 is 0 Å². The Bertz CT molecular complexity index is 307. The molecule has 2 N–H and O–H groups in total. The van der Waals surface area contributed by atoms with Gasteiger partial charge in [-0.25, -0.2) is 0 Å². The fourth-order valence-electron chi connectivity index (χ4n) is 2.15. The number of anilines is 1. The molecule has 0 heterocycles. The van der Waals surface area contributed by atoms with Crippen molar-refractivity contribution in [3.63, 3.8) is 0 Å². The van der Waals surface area contributed by atoms with Gasteiger partial charge < -0.3 is 5.73 Å². The van der Waals surface area contributed by atoms with Gasteiger partial charge in [0.05, 0.1) is 6.67 Å². The Hall–Kier alpha value is -1.05. The van der Waals surface area contributed by atoms with Crippen molar-refractivity contribution in [2.75, 3.05) is 12.4 Å². The van der Waals surface area contributed by atoms with Crippen LogP contribution in [0.2, 0.25) is 0 Å². The van der Waals surface area contributed by atoms with Gasteiger partial charge in [-0.15, -0.1) is 0 Å². The molecule has 1 aromatic carbocycles. The molecule has 0 saturated heterocycles. The summed E-state index contributed by atoms with van der Waals surface area (Å²) >= 11 is 0. The summed E-state index contributed by atoms with van der Waals surface area (Å²) in [6.45, 7) is -0.279. The molecular weight excluding hydrogens is 177 g/mol. The Labute approximate surface area is 84.1 Å². The Morgan fingerprint density at radius 2 is 2.07 bits per heavy atom. The molecule has 0 radical (unpaired) electrons. The number of alkyl halides is 1. The van der Waals surface area contributed by atoms with Gasteiger partial charge in [0, 0.05) is 11.6 Å². The minimum Gasteiger partial charge on any atom is -0.398 e. The smallest absolute Gasteiger partial charge is 0.0966 e. The topological polar surface area (TPSA) is 26.0 Å². The largest absolute Gasteiger partial charge is 0.398 e. The summed E-state index contributed by atoms with van der Waals surface area (Å²) in [7, 11) is 0. The highest BCUT2D eigenvalue weighted by Gasteiger charge is 2.29. The van der Waals surface area contributed by atoms with Gasteiger partial charge in [0.2, 0.25) is 0 Å². The van der Waals surface area contributed by atoms with Crippen molar-refractivity contribution in [1.82, 2.24) is 0 Å². The second kappa shape index (κ2) is 3.99. The molecule has 1 aromatic rings. The maximum absolute atomic E-state index is 12.9. The third kappa shape index (κ3) is 1.61. The number of hydrogen-bond acceptors (Lipinski definition) is 1. The van der Waals surface area contributed by atoms with Crippen molar-refractivity contribution in [3.05, 3.63) is 29.8 Å². The molecule has 2 rings (SSSR count). The molecule has 1 atom stereocenters. The molecule has 0 aliphatic heterocycles. The zero-order valence-corrected chi connectivity index (χ0v) is 8.25. The minimum absolute atomic E-state index is 0.0324. The van der Waals surface area contributed by atoms with Crippen LogP contribution in [0.25, 0.3) is 0 Å². The van der Waals surface area contributed by atoms with E-state index in [0.717, 1.165) is 24.1 Å². The first-order valence-corrected chi connectivity index (χ1v) is 5.23. The first kappa shape index (κ1) is 9.50. The van der Waals surface area contributed by atoms with Crippen LogP contribution in [0.5, 0.6) is 0 Å². The summed E-state index contributed by atoms with van der Waals surface area (Å²) < 4.78 is 12.9. The van der Waals surface area contributed by atoms with Crippen molar-refractivity contribution in [3.8, 4) is 0 Å². The quantitative estimate of drug-likeness (QED) is 0.733. The second-order valence-corrected chi connectivity index (χ2v) is 4.08. The molecular formula is C12H16FN. The minimum atomic E-state index is -0.279. The number of nitrogens with two attached hydrogens (primary N) is 1. The number of rotatable bonds is 3. The molecule has 0 spiro atoms. The lowest BCUT2D eigenvalue weighted by Gasteiger charge is -2.33. The molecule has 2 heteroatoms. The highest BCUT2D eigenvalue weighted by molar-refractivity contribution is 5.48. The zero-order valence-electron chi connectivity index (χ0n) is 8.25. The highest BCUT2D eigenvalue weighted by Crippen LogP contribution is 2.41. The Morgan fingerprint density at radius 3 is 2.57 bits per heavy atom. The summed E-state index contributed by atoms with van der Waals surface area (Å²) in [5, 5.41) is 0. The van der Waals surface area contributed by atoms with Crippen molar-refractivity contribution in [2.24, 2.45) is 5.92 Å². The second-order valence-electron chi connectivity index (χ2n) is 4.08. The van der Waals surface area contributed by atoms with Crippen LogP contribution in [0.1, 0.15) is 30.7 Å². The average molecular weight is 193 g/mol. The van der Waals surface area contributed by atoms with Crippen LogP contribution in [0, 0.1) is 5.92 Å². The highest BCUT2D eigenvalue weighted by atomic mass is 19.1. The molecule has 1 unspecified atom stereocenters. The van der Waals surface area contributed by atoms with Crippen LogP contribution in [0.15, 0.2) is 24.3 Å². The van der Waals surface area contributed by atoms with E-state index in [-0.39, 0.29) is 12.6 Å². The third-order valence-electron chi connectivity index (χ3n) is 3.28. The van der Waals surface area contributed by atoms with Gasteiger partial charge >= 0.3 is 0 Å². The van der Waals surface area contributed by atoms with Crippen molar-refractivity contribution >= 4 is 5.69 Å². The molecule has 1 aliphatic carbocycles. The van der Waals surface area contributed by atoms with Crippen LogP contribution in [-0.2, 0) is 0 Å². The maximum atomic E-state index is 12.9. The summed E-state index contributed by atoms with van der Waals surface area (Å²) in [4.78, 5) is 0. The number of para-hydroxylation sites is 1. The molecule has 1 saturated carbocycles. The van der Waals surface area contributed by atoms with E-state index in [2.05, 4.69) is 0 Å². The standard InChI is InChI=1S/C12H16FN/c13-8-11(9-4-3-5-9)10-6-1-2-7-12(10)14/h1-2,6-7,9,11H,3-5,8,14H2. The van der Waals surface area contributed by atoms with E-state index in [0.29, 0.717) is 5.92 Å². The van der Waals surface area contributed by atoms with Crippen LogP contribution >= 0.6 is 0 Å². The first-order chi connectivity index (χ1) is 6.83. The van der Waals surface area contributed by atoms with Gasteiger partial charge in [-0.1, -0.05) is 24.6 Å². The van der Waals surface area contributed by atoms with Crippen LogP contribution < -0.4 is 5.73 Å². The van der Waals surface area contributed by atoms with E-state index in [1.165, 1.54) is 6.42 Å². The van der Waals surface area contributed by atoms with Crippen LogP contribution in [0.3, 0.4) is 0 Å². The van der Waals surface area contributed by atoms with E-state index in [4.69, 9.17) is 5.73 Å². The molecule has 1 nitrogen and oxygen atoms in total. The monoisotopic (exact) mass is 193 g/mol. The van der Waals surface area contributed by atoms with Gasteiger partial charge in [0.15, 0.2) is 0 Å². The Morgan fingerprint density at radius 1 is 1.36 bits per heavy atom. The maximum Gasteiger partial charge on any atom is 0.0966 e. The summed E-state index contributed by atoms with van der Waals surface area (Å²) in [6.07, 6.45) is 3.56.